The standard InChI is InChI=1S/C27H29ClN6O3/c1-36-21-9-7-19(8-10-21)32-12-14-33(15-13-32)25(27-29-30-31-34(27)20-4-2-3-5-20)23-17-37-24-11-6-18(28)16-22(24)26(23)35/h6-11,16-17,20,25H,2-5,12-15H2,1H3/t25-/m0/s1. The highest BCUT2D eigenvalue weighted by atomic mass is 35.5. The van der Waals surface area contributed by atoms with Crippen molar-refractivity contribution < 1.29 is 9.15 Å². The summed E-state index contributed by atoms with van der Waals surface area (Å²) in [5, 5.41) is 13.9. The Bertz CT molecular complexity index is 1440. The van der Waals surface area contributed by atoms with Gasteiger partial charge in [0.15, 0.2) is 11.3 Å². The molecule has 1 atom stereocenters. The number of ether oxygens (including phenoxy) is 1. The van der Waals surface area contributed by atoms with Crippen molar-refractivity contribution in [1.29, 1.82) is 0 Å². The second-order valence-corrected chi connectivity index (χ2v) is 10.1. The largest absolute Gasteiger partial charge is 0.497 e. The predicted molar refractivity (Wildman–Crippen MR) is 141 cm³/mol. The second-order valence-electron chi connectivity index (χ2n) is 9.70. The number of hydrogen-bond donors (Lipinski definition) is 0. The molecule has 9 nitrogen and oxygen atoms in total. The number of benzene rings is 2. The van der Waals surface area contributed by atoms with Crippen molar-refractivity contribution in [2.24, 2.45) is 0 Å². The topological polar surface area (TPSA) is 89.5 Å². The van der Waals surface area contributed by atoms with Crippen molar-refractivity contribution in [3.63, 3.8) is 0 Å². The molecule has 1 aliphatic heterocycles. The molecule has 2 aromatic heterocycles. The first-order chi connectivity index (χ1) is 18.1. The van der Waals surface area contributed by atoms with E-state index in [0.29, 0.717) is 27.4 Å². The van der Waals surface area contributed by atoms with Crippen LogP contribution in [0.1, 0.15) is 49.2 Å². The molecule has 0 amide bonds. The van der Waals surface area contributed by atoms with Crippen LogP contribution in [-0.4, -0.2) is 58.4 Å². The van der Waals surface area contributed by atoms with Gasteiger partial charge in [-0.3, -0.25) is 9.69 Å². The maximum atomic E-state index is 13.8. The Morgan fingerprint density at radius 1 is 1.05 bits per heavy atom. The van der Waals surface area contributed by atoms with Crippen molar-refractivity contribution in [3.8, 4) is 5.75 Å². The minimum absolute atomic E-state index is 0.104. The first kappa shape index (κ1) is 23.9. The maximum absolute atomic E-state index is 13.8. The molecule has 0 bridgehead atoms. The van der Waals surface area contributed by atoms with E-state index >= 15 is 0 Å². The minimum atomic E-state index is -0.423. The Balaban J connectivity index is 1.36. The van der Waals surface area contributed by atoms with Crippen LogP contribution in [0.2, 0.25) is 5.02 Å². The SMILES string of the molecule is COc1ccc(N2CCN([C@@H](c3coc4ccc(Cl)cc4c3=O)c3nnnn3C3CCCC3)CC2)cc1. The van der Waals surface area contributed by atoms with Crippen LogP contribution >= 0.6 is 11.6 Å². The van der Waals surface area contributed by atoms with Crippen LogP contribution in [0.5, 0.6) is 5.75 Å². The van der Waals surface area contributed by atoms with Gasteiger partial charge in [0.05, 0.1) is 24.1 Å². The fraction of sp³-hybridized carbons (Fsp3) is 0.407. The fourth-order valence-corrected chi connectivity index (χ4v) is 5.80. The molecule has 0 N–H and O–H groups in total. The fourth-order valence-electron chi connectivity index (χ4n) is 5.63. The van der Waals surface area contributed by atoms with Crippen LogP contribution in [0.15, 0.2) is 57.9 Å². The maximum Gasteiger partial charge on any atom is 0.197 e. The molecule has 3 heterocycles. The second kappa shape index (κ2) is 10.1. The Hall–Kier alpha value is -3.43. The average Bonchev–Trinajstić information content (AvgIpc) is 3.63. The zero-order valence-corrected chi connectivity index (χ0v) is 21.5. The lowest BCUT2D eigenvalue weighted by molar-refractivity contribution is 0.195. The van der Waals surface area contributed by atoms with Crippen molar-refractivity contribution in [2.45, 2.75) is 37.8 Å². The zero-order chi connectivity index (χ0) is 25.4. The quantitative estimate of drug-likeness (QED) is 0.368. The summed E-state index contributed by atoms with van der Waals surface area (Å²) in [5.74, 6) is 1.53. The first-order valence-electron chi connectivity index (χ1n) is 12.7. The number of aromatic nitrogens is 4. The van der Waals surface area contributed by atoms with Gasteiger partial charge in [0.2, 0.25) is 0 Å². The van der Waals surface area contributed by atoms with Crippen molar-refractivity contribution in [3.05, 3.63) is 75.4 Å². The number of fused-ring (bicyclic) bond motifs is 1. The van der Waals surface area contributed by atoms with Crippen molar-refractivity contribution >= 4 is 28.3 Å². The molecule has 1 saturated heterocycles. The summed E-state index contributed by atoms with van der Waals surface area (Å²) < 4.78 is 13.2. The normalized spacial score (nSPS) is 17.9. The lowest BCUT2D eigenvalue weighted by Gasteiger charge is -2.39. The molecule has 1 aliphatic carbocycles. The molecular weight excluding hydrogens is 492 g/mol. The van der Waals surface area contributed by atoms with Crippen LogP contribution in [-0.2, 0) is 0 Å². The molecule has 2 aliphatic rings. The van der Waals surface area contributed by atoms with Gasteiger partial charge in [0, 0.05) is 36.9 Å². The number of piperazine rings is 1. The van der Waals surface area contributed by atoms with Crippen LogP contribution in [0.25, 0.3) is 11.0 Å². The molecular formula is C27H29ClN6O3. The third-order valence-corrected chi connectivity index (χ3v) is 7.84. The summed E-state index contributed by atoms with van der Waals surface area (Å²) >= 11 is 6.23. The molecule has 0 spiro atoms. The molecule has 37 heavy (non-hydrogen) atoms. The summed E-state index contributed by atoms with van der Waals surface area (Å²) in [6, 6.07) is 13.1. The smallest absolute Gasteiger partial charge is 0.197 e. The van der Waals surface area contributed by atoms with Gasteiger partial charge in [-0.1, -0.05) is 24.4 Å². The van der Waals surface area contributed by atoms with Crippen molar-refractivity contribution in [1.82, 2.24) is 25.1 Å². The van der Waals surface area contributed by atoms with E-state index in [2.05, 4.69) is 37.5 Å². The lowest BCUT2D eigenvalue weighted by Crippen LogP contribution is -2.49. The summed E-state index contributed by atoms with van der Waals surface area (Å²) in [4.78, 5) is 18.4. The molecule has 0 unspecified atom stereocenters. The van der Waals surface area contributed by atoms with Gasteiger partial charge in [-0.2, -0.15) is 0 Å². The van der Waals surface area contributed by atoms with Gasteiger partial charge >= 0.3 is 0 Å². The number of rotatable bonds is 6. The van der Waals surface area contributed by atoms with E-state index in [0.717, 1.165) is 63.3 Å². The number of tetrazole rings is 1. The van der Waals surface area contributed by atoms with E-state index in [4.69, 9.17) is 20.8 Å². The van der Waals surface area contributed by atoms with E-state index in [1.54, 1.807) is 31.6 Å². The van der Waals surface area contributed by atoms with Gasteiger partial charge in [-0.15, -0.1) is 5.10 Å². The molecule has 2 fully saturated rings. The third kappa shape index (κ3) is 4.57. The van der Waals surface area contributed by atoms with Gasteiger partial charge in [0.1, 0.15) is 23.6 Å². The minimum Gasteiger partial charge on any atom is -0.497 e. The van der Waals surface area contributed by atoms with Gasteiger partial charge in [-0.05, 0) is 65.7 Å². The number of nitrogens with zero attached hydrogens (tertiary/aromatic N) is 6. The highest BCUT2D eigenvalue weighted by Crippen LogP contribution is 2.34. The molecule has 10 heteroatoms. The summed E-state index contributed by atoms with van der Waals surface area (Å²) in [6.07, 6.45) is 5.97. The van der Waals surface area contributed by atoms with E-state index < -0.39 is 6.04 Å². The van der Waals surface area contributed by atoms with Crippen LogP contribution in [0, 0.1) is 0 Å². The van der Waals surface area contributed by atoms with Gasteiger partial charge < -0.3 is 14.1 Å². The number of anilines is 1. The Morgan fingerprint density at radius 2 is 1.81 bits per heavy atom. The molecule has 1 saturated carbocycles. The highest BCUT2D eigenvalue weighted by Gasteiger charge is 2.35. The number of methoxy groups -OCH3 is 1. The van der Waals surface area contributed by atoms with Crippen LogP contribution < -0.4 is 15.1 Å². The van der Waals surface area contributed by atoms with Crippen LogP contribution in [0.4, 0.5) is 5.69 Å². The Labute approximate surface area is 219 Å². The average molecular weight is 521 g/mol. The first-order valence-corrected chi connectivity index (χ1v) is 13.1. The van der Waals surface area contributed by atoms with Gasteiger partial charge in [-0.25, -0.2) is 4.68 Å². The monoisotopic (exact) mass is 520 g/mol. The number of halogens is 1. The highest BCUT2D eigenvalue weighted by molar-refractivity contribution is 6.31. The molecule has 4 aromatic rings. The summed E-state index contributed by atoms with van der Waals surface area (Å²) in [7, 11) is 1.67. The van der Waals surface area contributed by atoms with E-state index in [-0.39, 0.29) is 11.5 Å². The number of hydrogen-bond acceptors (Lipinski definition) is 8. The lowest BCUT2D eigenvalue weighted by atomic mass is 10.0. The van der Waals surface area contributed by atoms with Gasteiger partial charge in [0.25, 0.3) is 0 Å². The molecule has 192 valence electrons. The van der Waals surface area contributed by atoms with Crippen LogP contribution in [0.3, 0.4) is 0 Å². The Kier molecular flexibility index (Phi) is 6.56. The summed E-state index contributed by atoms with van der Waals surface area (Å²) in [6.45, 7) is 3.08. The van der Waals surface area contributed by atoms with E-state index in [1.807, 2.05) is 16.8 Å². The predicted octanol–water partition coefficient (Wildman–Crippen LogP) is 4.47. The van der Waals surface area contributed by atoms with E-state index in [9.17, 15) is 4.79 Å². The third-order valence-electron chi connectivity index (χ3n) is 7.61. The van der Waals surface area contributed by atoms with Crippen molar-refractivity contribution in [2.75, 3.05) is 38.2 Å². The molecule has 2 aromatic carbocycles. The zero-order valence-electron chi connectivity index (χ0n) is 20.7. The molecule has 0 radical (unpaired) electrons. The Morgan fingerprint density at radius 3 is 2.54 bits per heavy atom. The molecule has 6 rings (SSSR count). The summed E-state index contributed by atoms with van der Waals surface area (Å²) in [5.41, 5.74) is 2.08. The van der Waals surface area contributed by atoms with E-state index in [1.165, 1.54) is 0 Å².